The zero-order valence-corrected chi connectivity index (χ0v) is 18.4. The van der Waals surface area contributed by atoms with E-state index in [1.165, 1.54) is 0 Å². The van der Waals surface area contributed by atoms with Gasteiger partial charge in [-0.05, 0) is 19.9 Å². The highest BCUT2D eigenvalue weighted by Crippen LogP contribution is 2.27. The van der Waals surface area contributed by atoms with Crippen LogP contribution in [0.2, 0.25) is 0 Å². The first-order valence-electron chi connectivity index (χ1n) is 8.30. The molecule has 0 unspecified atom stereocenters. The van der Waals surface area contributed by atoms with Gasteiger partial charge in [0.2, 0.25) is 5.95 Å². The van der Waals surface area contributed by atoms with Crippen LogP contribution in [0.4, 0.5) is 19.1 Å². The number of aryl methyl sites for hydroxylation is 2. The number of hydrogen-bond acceptors (Lipinski definition) is 5. The van der Waals surface area contributed by atoms with E-state index >= 15 is 0 Å². The third kappa shape index (κ3) is 6.49. The molecular weight excluding hydrogens is 488 g/mol. The van der Waals surface area contributed by atoms with Gasteiger partial charge in [0.25, 0.3) is 0 Å². The Hall–Kier alpha value is -2.12. The standard InChI is InChI=1S/C16H23F3N8.HI/c1-10-12(11(2)27(4)26-10)9-24-14(20-3)22-7-8-23-15-21-6-5-13(25-15)16(17,18)19;/h5-6H,7-9H2,1-4H3,(H2,20,22,24)(H,21,23,25);1H. The van der Waals surface area contributed by atoms with Gasteiger partial charge in [-0.25, -0.2) is 9.97 Å². The van der Waals surface area contributed by atoms with Crippen molar-refractivity contribution < 1.29 is 13.2 Å². The fourth-order valence-electron chi connectivity index (χ4n) is 2.42. The largest absolute Gasteiger partial charge is 0.433 e. The van der Waals surface area contributed by atoms with Crippen molar-refractivity contribution in [2.45, 2.75) is 26.6 Å². The molecule has 2 aromatic rings. The Balaban J connectivity index is 0.00000392. The Morgan fingerprint density at radius 2 is 1.93 bits per heavy atom. The number of rotatable bonds is 6. The minimum absolute atomic E-state index is 0. The van der Waals surface area contributed by atoms with Crippen molar-refractivity contribution in [1.29, 1.82) is 0 Å². The van der Waals surface area contributed by atoms with Crippen LogP contribution in [0.25, 0.3) is 0 Å². The maximum atomic E-state index is 12.6. The lowest BCUT2D eigenvalue weighted by atomic mass is 10.2. The van der Waals surface area contributed by atoms with E-state index in [9.17, 15) is 13.2 Å². The van der Waals surface area contributed by atoms with Crippen LogP contribution in [-0.2, 0) is 19.8 Å². The third-order valence-corrected chi connectivity index (χ3v) is 3.96. The van der Waals surface area contributed by atoms with Gasteiger partial charge in [0.05, 0.1) is 5.69 Å². The third-order valence-electron chi connectivity index (χ3n) is 3.96. The molecule has 0 radical (unpaired) electrons. The Labute approximate surface area is 178 Å². The first-order chi connectivity index (χ1) is 12.7. The topological polar surface area (TPSA) is 92.1 Å². The molecule has 0 aliphatic rings. The molecule has 0 aliphatic carbocycles. The van der Waals surface area contributed by atoms with Gasteiger partial charge >= 0.3 is 6.18 Å². The molecule has 0 aliphatic heterocycles. The SMILES string of the molecule is CN=C(NCCNc1nccc(C(F)(F)F)n1)NCc1c(C)nn(C)c1C.I. The molecule has 3 N–H and O–H groups in total. The lowest BCUT2D eigenvalue weighted by molar-refractivity contribution is -0.141. The number of aromatic nitrogens is 4. The van der Waals surface area contributed by atoms with E-state index in [1.807, 2.05) is 25.6 Å². The molecule has 12 heteroatoms. The molecule has 8 nitrogen and oxygen atoms in total. The summed E-state index contributed by atoms with van der Waals surface area (Å²) >= 11 is 0. The summed E-state index contributed by atoms with van der Waals surface area (Å²) in [6.45, 7) is 5.25. The summed E-state index contributed by atoms with van der Waals surface area (Å²) in [7, 11) is 3.53. The van der Waals surface area contributed by atoms with Crippen molar-refractivity contribution in [3.8, 4) is 0 Å². The summed E-state index contributed by atoms with van der Waals surface area (Å²) in [5, 5.41) is 13.4. The molecule has 2 heterocycles. The number of nitrogens with zero attached hydrogens (tertiary/aromatic N) is 5. The Morgan fingerprint density at radius 3 is 2.50 bits per heavy atom. The Kier molecular flexibility index (Phi) is 8.91. The highest BCUT2D eigenvalue weighted by molar-refractivity contribution is 14.0. The molecule has 0 amide bonds. The van der Waals surface area contributed by atoms with Crippen LogP contribution in [0, 0.1) is 13.8 Å². The predicted octanol–water partition coefficient (Wildman–Crippen LogP) is 2.24. The minimum atomic E-state index is -4.49. The first kappa shape index (κ1) is 23.9. The van der Waals surface area contributed by atoms with Gasteiger partial charge in [-0.15, -0.1) is 24.0 Å². The lowest BCUT2D eigenvalue weighted by Gasteiger charge is -2.13. The van der Waals surface area contributed by atoms with E-state index in [1.54, 1.807) is 7.05 Å². The molecule has 0 spiro atoms. The summed E-state index contributed by atoms with van der Waals surface area (Å²) in [6, 6.07) is 0.831. The number of anilines is 1. The first-order valence-corrected chi connectivity index (χ1v) is 8.30. The summed E-state index contributed by atoms with van der Waals surface area (Å²) in [6.07, 6.45) is -3.42. The molecule has 0 fully saturated rings. The Bertz CT molecular complexity index is 804. The van der Waals surface area contributed by atoms with Crippen molar-refractivity contribution in [1.82, 2.24) is 30.4 Å². The summed E-state index contributed by atoms with van der Waals surface area (Å²) in [5.41, 5.74) is 2.13. The second-order valence-corrected chi connectivity index (χ2v) is 5.82. The average molecular weight is 512 g/mol. The van der Waals surface area contributed by atoms with Crippen LogP contribution in [0.15, 0.2) is 17.3 Å². The summed E-state index contributed by atoms with van der Waals surface area (Å²) < 4.78 is 39.7. The van der Waals surface area contributed by atoms with Gasteiger partial charge in [-0.2, -0.15) is 18.3 Å². The van der Waals surface area contributed by atoms with Crippen molar-refractivity contribution >= 4 is 35.9 Å². The molecule has 2 rings (SSSR count). The van der Waals surface area contributed by atoms with Crippen LogP contribution in [-0.4, -0.2) is 45.8 Å². The van der Waals surface area contributed by atoms with E-state index in [2.05, 4.69) is 36.0 Å². The zero-order valence-electron chi connectivity index (χ0n) is 16.1. The van der Waals surface area contributed by atoms with E-state index in [4.69, 9.17) is 0 Å². The quantitative estimate of drug-likeness (QED) is 0.238. The molecule has 0 aromatic carbocycles. The van der Waals surface area contributed by atoms with Crippen LogP contribution in [0.5, 0.6) is 0 Å². The van der Waals surface area contributed by atoms with E-state index < -0.39 is 11.9 Å². The van der Waals surface area contributed by atoms with Gasteiger partial charge in [0.15, 0.2) is 5.96 Å². The zero-order chi connectivity index (χ0) is 20.0. The molecule has 156 valence electrons. The number of nitrogens with one attached hydrogen (secondary N) is 3. The number of alkyl halides is 3. The normalized spacial score (nSPS) is 11.8. The second-order valence-electron chi connectivity index (χ2n) is 5.82. The fourth-order valence-corrected chi connectivity index (χ4v) is 2.42. The number of aliphatic imine (C=N–C) groups is 1. The molecule has 0 atom stereocenters. The molecule has 0 saturated carbocycles. The van der Waals surface area contributed by atoms with Crippen LogP contribution >= 0.6 is 24.0 Å². The highest BCUT2D eigenvalue weighted by atomic mass is 127. The molecule has 2 aromatic heterocycles. The van der Waals surface area contributed by atoms with E-state index in [0.29, 0.717) is 25.6 Å². The highest BCUT2D eigenvalue weighted by Gasteiger charge is 2.32. The number of hydrogen-bond donors (Lipinski definition) is 3. The van der Waals surface area contributed by atoms with Crippen molar-refractivity contribution in [3.05, 3.63) is 34.9 Å². The van der Waals surface area contributed by atoms with Crippen molar-refractivity contribution in [2.24, 2.45) is 12.0 Å². The smallest absolute Gasteiger partial charge is 0.355 e. The van der Waals surface area contributed by atoms with Crippen LogP contribution in [0.3, 0.4) is 0 Å². The van der Waals surface area contributed by atoms with E-state index in [-0.39, 0.29) is 29.9 Å². The summed E-state index contributed by atoms with van der Waals surface area (Å²) in [4.78, 5) is 11.4. The maximum absolute atomic E-state index is 12.6. The van der Waals surface area contributed by atoms with Gasteiger partial charge in [-0.3, -0.25) is 9.67 Å². The van der Waals surface area contributed by atoms with Crippen LogP contribution in [0.1, 0.15) is 22.6 Å². The van der Waals surface area contributed by atoms with Crippen LogP contribution < -0.4 is 16.0 Å². The molecule has 28 heavy (non-hydrogen) atoms. The van der Waals surface area contributed by atoms with Gasteiger partial charge < -0.3 is 16.0 Å². The van der Waals surface area contributed by atoms with Gasteiger partial charge in [-0.1, -0.05) is 0 Å². The van der Waals surface area contributed by atoms with Gasteiger partial charge in [0.1, 0.15) is 5.69 Å². The number of halogens is 4. The summed E-state index contributed by atoms with van der Waals surface area (Å²) in [5.74, 6) is 0.501. The fraction of sp³-hybridized carbons (Fsp3) is 0.500. The lowest BCUT2D eigenvalue weighted by Crippen LogP contribution is -2.39. The Morgan fingerprint density at radius 1 is 1.21 bits per heavy atom. The van der Waals surface area contributed by atoms with Gasteiger partial charge in [0, 0.05) is 51.2 Å². The average Bonchev–Trinajstić information content (AvgIpc) is 2.86. The van der Waals surface area contributed by atoms with Crippen molar-refractivity contribution in [3.63, 3.8) is 0 Å². The number of guanidine groups is 1. The molecular formula is C16H24F3IN8. The van der Waals surface area contributed by atoms with Crippen molar-refractivity contribution in [2.75, 3.05) is 25.5 Å². The predicted molar refractivity (Wildman–Crippen MR) is 112 cm³/mol. The second kappa shape index (κ2) is 10.4. The monoisotopic (exact) mass is 512 g/mol. The molecule has 0 saturated heterocycles. The maximum Gasteiger partial charge on any atom is 0.433 e. The molecule has 0 bridgehead atoms. The minimum Gasteiger partial charge on any atom is -0.355 e. The van der Waals surface area contributed by atoms with E-state index in [0.717, 1.165) is 29.2 Å².